The first-order valence-corrected chi connectivity index (χ1v) is 8.59. The zero-order valence-electron chi connectivity index (χ0n) is 11.8. The fraction of sp³-hybridized carbons (Fsp3) is 0.333. The highest BCUT2D eigenvalue weighted by Gasteiger charge is 2.10. The second kappa shape index (κ2) is 7.85. The SMILES string of the molecule is CCc1ccc(CC(CBr)Cc2cccc(Cl)c2)cc1. The minimum Gasteiger partial charge on any atom is -0.0925 e. The van der Waals surface area contributed by atoms with Gasteiger partial charge < -0.3 is 0 Å². The van der Waals surface area contributed by atoms with Gasteiger partial charge in [-0.3, -0.25) is 0 Å². The largest absolute Gasteiger partial charge is 0.0925 e. The van der Waals surface area contributed by atoms with Gasteiger partial charge in [-0.15, -0.1) is 0 Å². The maximum Gasteiger partial charge on any atom is 0.0408 e. The van der Waals surface area contributed by atoms with Crippen molar-refractivity contribution in [1.29, 1.82) is 0 Å². The van der Waals surface area contributed by atoms with E-state index in [1.54, 1.807) is 0 Å². The summed E-state index contributed by atoms with van der Waals surface area (Å²) < 4.78 is 0. The van der Waals surface area contributed by atoms with Gasteiger partial charge in [0.25, 0.3) is 0 Å². The number of halogens is 2. The highest BCUT2D eigenvalue weighted by molar-refractivity contribution is 9.09. The maximum atomic E-state index is 6.05. The molecule has 0 aliphatic rings. The van der Waals surface area contributed by atoms with Crippen LogP contribution in [0.15, 0.2) is 48.5 Å². The molecule has 0 fully saturated rings. The molecule has 2 aromatic rings. The summed E-state index contributed by atoms with van der Waals surface area (Å²) in [5, 5.41) is 1.83. The lowest BCUT2D eigenvalue weighted by Gasteiger charge is -2.15. The Morgan fingerprint density at radius 2 is 1.60 bits per heavy atom. The van der Waals surface area contributed by atoms with Crippen LogP contribution in [0.5, 0.6) is 0 Å². The molecule has 0 N–H and O–H groups in total. The number of alkyl halides is 1. The van der Waals surface area contributed by atoms with Crippen LogP contribution < -0.4 is 0 Å². The van der Waals surface area contributed by atoms with Gasteiger partial charge in [-0.05, 0) is 54.0 Å². The standard InChI is InChI=1S/C18H20BrCl/c1-2-14-6-8-15(9-7-14)10-17(13-19)11-16-4-3-5-18(20)12-16/h3-9,12,17H,2,10-11,13H2,1H3. The van der Waals surface area contributed by atoms with Crippen LogP contribution in [0.25, 0.3) is 0 Å². The van der Waals surface area contributed by atoms with E-state index in [9.17, 15) is 0 Å². The topological polar surface area (TPSA) is 0 Å². The minimum absolute atomic E-state index is 0.598. The minimum atomic E-state index is 0.598. The van der Waals surface area contributed by atoms with E-state index >= 15 is 0 Å². The van der Waals surface area contributed by atoms with E-state index in [0.29, 0.717) is 5.92 Å². The van der Waals surface area contributed by atoms with Crippen molar-refractivity contribution in [3.05, 3.63) is 70.2 Å². The number of benzene rings is 2. The van der Waals surface area contributed by atoms with E-state index < -0.39 is 0 Å². The lowest BCUT2D eigenvalue weighted by molar-refractivity contribution is 0.591. The average Bonchev–Trinajstić information content (AvgIpc) is 2.47. The van der Waals surface area contributed by atoms with Crippen molar-refractivity contribution in [2.24, 2.45) is 5.92 Å². The maximum absolute atomic E-state index is 6.05. The van der Waals surface area contributed by atoms with Crippen molar-refractivity contribution >= 4 is 27.5 Å². The summed E-state index contributed by atoms with van der Waals surface area (Å²) in [5.74, 6) is 0.598. The Morgan fingerprint density at radius 3 is 2.20 bits per heavy atom. The summed E-state index contributed by atoms with van der Waals surface area (Å²) in [4.78, 5) is 0. The van der Waals surface area contributed by atoms with Crippen LogP contribution in [-0.4, -0.2) is 5.33 Å². The van der Waals surface area contributed by atoms with Crippen molar-refractivity contribution in [3.63, 3.8) is 0 Å². The molecule has 0 saturated carbocycles. The Kier molecular flexibility index (Phi) is 6.12. The third-order valence-electron chi connectivity index (χ3n) is 3.59. The van der Waals surface area contributed by atoms with Gasteiger partial charge in [0, 0.05) is 10.4 Å². The molecule has 0 spiro atoms. The monoisotopic (exact) mass is 350 g/mol. The summed E-state index contributed by atoms with van der Waals surface area (Å²) in [6, 6.07) is 17.2. The van der Waals surface area contributed by atoms with Crippen molar-refractivity contribution in [2.45, 2.75) is 26.2 Å². The van der Waals surface area contributed by atoms with Gasteiger partial charge in [0.2, 0.25) is 0 Å². The molecule has 2 aromatic carbocycles. The van der Waals surface area contributed by atoms with E-state index in [-0.39, 0.29) is 0 Å². The molecule has 0 aromatic heterocycles. The zero-order chi connectivity index (χ0) is 14.4. The van der Waals surface area contributed by atoms with E-state index in [1.807, 2.05) is 12.1 Å². The third kappa shape index (κ3) is 4.64. The molecule has 0 radical (unpaired) electrons. The quantitative estimate of drug-likeness (QED) is 0.586. The molecule has 0 aliphatic carbocycles. The number of hydrogen-bond acceptors (Lipinski definition) is 0. The normalized spacial score (nSPS) is 12.3. The molecule has 0 aliphatic heterocycles. The summed E-state index contributed by atoms with van der Waals surface area (Å²) in [5.41, 5.74) is 4.12. The second-order valence-corrected chi connectivity index (χ2v) is 6.31. The molecule has 20 heavy (non-hydrogen) atoms. The van der Waals surface area contributed by atoms with Crippen LogP contribution in [0.1, 0.15) is 23.6 Å². The first-order chi connectivity index (χ1) is 9.71. The lowest BCUT2D eigenvalue weighted by Crippen LogP contribution is -2.10. The molecule has 0 saturated heterocycles. The molecule has 0 amide bonds. The Hall–Kier alpha value is -0.790. The molecule has 1 atom stereocenters. The highest BCUT2D eigenvalue weighted by Crippen LogP contribution is 2.19. The summed E-state index contributed by atoms with van der Waals surface area (Å²) >= 11 is 9.70. The van der Waals surface area contributed by atoms with Gasteiger partial charge in [-0.25, -0.2) is 0 Å². The van der Waals surface area contributed by atoms with E-state index in [1.165, 1.54) is 16.7 Å². The summed E-state index contributed by atoms with van der Waals surface area (Å²) in [6.45, 7) is 2.19. The van der Waals surface area contributed by atoms with Crippen LogP contribution >= 0.6 is 27.5 Å². The first kappa shape index (κ1) is 15.6. The summed E-state index contributed by atoms with van der Waals surface area (Å²) in [6.07, 6.45) is 3.26. The molecule has 1 unspecified atom stereocenters. The molecule has 2 heteroatoms. The molecule has 0 bridgehead atoms. The Morgan fingerprint density at radius 1 is 0.950 bits per heavy atom. The van der Waals surface area contributed by atoms with Crippen LogP contribution in [0.3, 0.4) is 0 Å². The molecule has 0 heterocycles. The predicted octanol–water partition coefficient (Wildman–Crippen LogP) is 5.70. The Labute approximate surface area is 135 Å². The van der Waals surface area contributed by atoms with Crippen LogP contribution in [-0.2, 0) is 19.3 Å². The number of rotatable bonds is 6. The summed E-state index contributed by atoms with van der Waals surface area (Å²) in [7, 11) is 0. The van der Waals surface area contributed by atoms with Crippen molar-refractivity contribution in [2.75, 3.05) is 5.33 Å². The van der Waals surface area contributed by atoms with Crippen molar-refractivity contribution < 1.29 is 0 Å². The van der Waals surface area contributed by atoms with Gasteiger partial charge in [-0.2, -0.15) is 0 Å². The molecule has 0 nitrogen and oxygen atoms in total. The predicted molar refractivity (Wildman–Crippen MR) is 92.0 cm³/mol. The van der Waals surface area contributed by atoms with Crippen molar-refractivity contribution in [1.82, 2.24) is 0 Å². The fourth-order valence-corrected chi connectivity index (χ4v) is 3.09. The Bertz CT molecular complexity index is 533. The van der Waals surface area contributed by atoms with E-state index in [4.69, 9.17) is 11.6 Å². The van der Waals surface area contributed by atoms with Gasteiger partial charge in [0.1, 0.15) is 0 Å². The zero-order valence-corrected chi connectivity index (χ0v) is 14.1. The van der Waals surface area contributed by atoms with Crippen LogP contribution in [0.2, 0.25) is 5.02 Å². The number of aryl methyl sites for hydroxylation is 1. The van der Waals surface area contributed by atoms with Gasteiger partial charge in [-0.1, -0.05) is 70.9 Å². The first-order valence-electron chi connectivity index (χ1n) is 7.09. The molecular weight excluding hydrogens is 332 g/mol. The fourth-order valence-electron chi connectivity index (χ4n) is 2.42. The van der Waals surface area contributed by atoms with Gasteiger partial charge in [0.15, 0.2) is 0 Å². The second-order valence-electron chi connectivity index (χ2n) is 5.23. The van der Waals surface area contributed by atoms with Gasteiger partial charge in [0.05, 0.1) is 0 Å². The van der Waals surface area contributed by atoms with E-state index in [2.05, 4.69) is 59.3 Å². The molecular formula is C18H20BrCl. The van der Waals surface area contributed by atoms with Crippen LogP contribution in [0, 0.1) is 5.92 Å². The smallest absolute Gasteiger partial charge is 0.0408 e. The van der Waals surface area contributed by atoms with Crippen molar-refractivity contribution in [3.8, 4) is 0 Å². The molecule has 106 valence electrons. The van der Waals surface area contributed by atoms with Crippen LogP contribution in [0.4, 0.5) is 0 Å². The van der Waals surface area contributed by atoms with E-state index in [0.717, 1.165) is 29.6 Å². The number of hydrogen-bond donors (Lipinski definition) is 0. The molecule has 2 rings (SSSR count). The third-order valence-corrected chi connectivity index (χ3v) is 4.74. The average molecular weight is 352 g/mol. The Balaban J connectivity index is 2.01. The highest BCUT2D eigenvalue weighted by atomic mass is 79.9. The lowest BCUT2D eigenvalue weighted by atomic mass is 9.93. The van der Waals surface area contributed by atoms with Gasteiger partial charge >= 0.3 is 0 Å².